The quantitative estimate of drug-likeness (QED) is 0.598. The Labute approximate surface area is 190 Å². The maximum absolute atomic E-state index is 13.0. The minimum absolute atomic E-state index is 0.114. The standard InChI is InChI=1S/C23H22N4O5S/c1-26-10-9-21(25-26)24-22(28)14-11-18-19(13-27(23(18)29)15-3-4-15)20(12-14)32-16-5-7-17(8-6-16)33(2,30)31/h5-12,15H,3-4,13H2,1-2H3,(H,24,25,28). The Morgan fingerprint density at radius 3 is 2.48 bits per heavy atom. The molecule has 2 aliphatic rings. The number of anilines is 1. The lowest BCUT2D eigenvalue weighted by molar-refractivity contribution is 0.0766. The Kier molecular flexibility index (Phi) is 4.97. The number of hydrogen-bond donors (Lipinski definition) is 1. The summed E-state index contributed by atoms with van der Waals surface area (Å²) in [6.07, 6.45) is 4.79. The number of fused-ring (bicyclic) bond motifs is 1. The minimum Gasteiger partial charge on any atom is -0.457 e. The molecule has 1 N–H and O–H groups in total. The highest BCUT2D eigenvalue weighted by Gasteiger charge is 2.40. The van der Waals surface area contributed by atoms with Crippen molar-refractivity contribution in [2.24, 2.45) is 7.05 Å². The number of rotatable bonds is 6. The molecule has 2 amide bonds. The number of aryl methyl sites for hydroxylation is 1. The van der Waals surface area contributed by atoms with E-state index in [-0.39, 0.29) is 22.4 Å². The first kappa shape index (κ1) is 21.2. The van der Waals surface area contributed by atoms with E-state index in [9.17, 15) is 18.0 Å². The zero-order valence-electron chi connectivity index (χ0n) is 18.1. The average Bonchev–Trinajstić information content (AvgIpc) is 3.44. The third kappa shape index (κ3) is 4.21. The second-order valence-electron chi connectivity index (χ2n) is 8.34. The van der Waals surface area contributed by atoms with Gasteiger partial charge in [-0.2, -0.15) is 5.10 Å². The van der Waals surface area contributed by atoms with E-state index in [0.717, 1.165) is 19.1 Å². The number of nitrogens with zero attached hydrogens (tertiary/aromatic N) is 3. The molecule has 5 rings (SSSR count). The van der Waals surface area contributed by atoms with Crippen molar-refractivity contribution in [3.63, 3.8) is 0 Å². The fraction of sp³-hybridized carbons (Fsp3) is 0.261. The maximum atomic E-state index is 13.0. The first-order valence-corrected chi connectivity index (χ1v) is 12.3. The van der Waals surface area contributed by atoms with Gasteiger partial charge in [-0.05, 0) is 49.2 Å². The summed E-state index contributed by atoms with van der Waals surface area (Å²) in [6, 6.07) is 11.1. The molecule has 9 nitrogen and oxygen atoms in total. The fourth-order valence-electron chi connectivity index (χ4n) is 3.85. The molecule has 0 radical (unpaired) electrons. The predicted octanol–water partition coefficient (Wildman–Crippen LogP) is 2.99. The summed E-state index contributed by atoms with van der Waals surface area (Å²) in [5, 5.41) is 6.88. The van der Waals surface area contributed by atoms with Crippen molar-refractivity contribution in [1.29, 1.82) is 0 Å². The molecular weight excluding hydrogens is 444 g/mol. The zero-order valence-corrected chi connectivity index (χ0v) is 18.9. The smallest absolute Gasteiger partial charge is 0.257 e. The van der Waals surface area contributed by atoms with Crippen LogP contribution in [0.5, 0.6) is 11.5 Å². The first-order chi connectivity index (χ1) is 15.7. The summed E-state index contributed by atoms with van der Waals surface area (Å²) in [6.45, 7) is 0.414. The number of aromatic nitrogens is 2. The Bertz CT molecular complexity index is 1370. The van der Waals surface area contributed by atoms with Crippen molar-refractivity contribution in [2.45, 2.75) is 30.3 Å². The van der Waals surface area contributed by atoms with Crippen molar-refractivity contribution in [3.8, 4) is 11.5 Å². The number of ether oxygens (including phenoxy) is 1. The summed E-state index contributed by atoms with van der Waals surface area (Å²) in [5.41, 5.74) is 1.43. The summed E-state index contributed by atoms with van der Waals surface area (Å²) < 4.78 is 31.1. The van der Waals surface area contributed by atoms with Gasteiger partial charge in [-0.15, -0.1) is 0 Å². The van der Waals surface area contributed by atoms with Crippen LogP contribution in [-0.4, -0.2) is 47.2 Å². The lowest BCUT2D eigenvalue weighted by atomic mass is 10.0. The molecule has 1 aromatic heterocycles. The molecule has 1 aliphatic carbocycles. The third-order valence-electron chi connectivity index (χ3n) is 5.71. The lowest BCUT2D eigenvalue weighted by Gasteiger charge is -2.14. The molecule has 1 saturated carbocycles. The molecule has 3 aromatic rings. The topological polar surface area (TPSA) is 111 Å². The highest BCUT2D eigenvalue weighted by Crippen LogP contribution is 2.40. The van der Waals surface area contributed by atoms with Crippen molar-refractivity contribution in [2.75, 3.05) is 11.6 Å². The SMILES string of the molecule is Cn1ccc(NC(=O)c2cc(Oc3ccc(S(C)(=O)=O)cc3)c3c(c2)C(=O)N(C2CC2)C3)n1. The summed E-state index contributed by atoms with van der Waals surface area (Å²) >= 11 is 0. The summed E-state index contributed by atoms with van der Waals surface area (Å²) in [4.78, 5) is 27.9. The number of benzene rings is 2. The van der Waals surface area contributed by atoms with Gasteiger partial charge in [0.2, 0.25) is 0 Å². The highest BCUT2D eigenvalue weighted by molar-refractivity contribution is 7.90. The molecule has 10 heteroatoms. The molecule has 170 valence electrons. The van der Waals surface area contributed by atoms with E-state index in [1.165, 1.54) is 12.1 Å². The van der Waals surface area contributed by atoms with Gasteiger partial charge < -0.3 is 15.0 Å². The van der Waals surface area contributed by atoms with Crippen LogP contribution in [0.4, 0.5) is 5.82 Å². The van der Waals surface area contributed by atoms with E-state index in [1.54, 1.807) is 48.3 Å². The first-order valence-electron chi connectivity index (χ1n) is 10.5. The van der Waals surface area contributed by atoms with Gasteiger partial charge in [0.25, 0.3) is 11.8 Å². The van der Waals surface area contributed by atoms with E-state index in [2.05, 4.69) is 10.4 Å². The average molecular weight is 467 g/mol. The van der Waals surface area contributed by atoms with Gasteiger partial charge in [0.05, 0.1) is 11.4 Å². The Morgan fingerprint density at radius 2 is 1.88 bits per heavy atom. The fourth-order valence-corrected chi connectivity index (χ4v) is 4.48. The van der Waals surface area contributed by atoms with Gasteiger partial charge in [0, 0.05) is 48.3 Å². The molecule has 0 unspecified atom stereocenters. The maximum Gasteiger partial charge on any atom is 0.257 e. The molecule has 0 atom stereocenters. The van der Waals surface area contributed by atoms with Gasteiger partial charge in [-0.1, -0.05) is 0 Å². The predicted molar refractivity (Wildman–Crippen MR) is 120 cm³/mol. The van der Waals surface area contributed by atoms with E-state index in [1.807, 2.05) is 4.90 Å². The van der Waals surface area contributed by atoms with E-state index in [4.69, 9.17) is 4.74 Å². The Hall–Kier alpha value is -3.66. The van der Waals surface area contributed by atoms with Crippen molar-refractivity contribution in [3.05, 3.63) is 65.4 Å². The zero-order chi connectivity index (χ0) is 23.3. The number of nitrogens with one attached hydrogen (secondary N) is 1. The number of sulfone groups is 1. The van der Waals surface area contributed by atoms with Gasteiger partial charge >= 0.3 is 0 Å². The van der Waals surface area contributed by atoms with Crippen LogP contribution >= 0.6 is 0 Å². The van der Waals surface area contributed by atoms with Crippen LogP contribution in [0.25, 0.3) is 0 Å². The number of carbonyl (C=O) groups is 2. The Morgan fingerprint density at radius 1 is 1.15 bits per heavy atom. The van der Waals surface area contributed by atoms with Gasteiger partial charge in [0.1, 0.15) is 11.5 Å². The Balaban J connectivity index is 1.50. The van der Waals surface area contributed by atoms with E-state index >= 15 is 0 Å². The largest absolute Gasteiger partial charge is 0.457 e. The molecule has 0 spiro atoms. The third-order valence-corrected chi connectivity index (χ3v) is 6.84. The van der Waals surface area contributed by atoms with Gasteiger partial charge in [-0.25, -0.2) is 8.42 Å². The lowest BCUT2D eigenvalue weighted by Crippen LogP contribution is -2.26. The van der Waals surface area contributed by atoms with Crippen LogP contribution in [0.15, 0.2) is 53.6 Å². The second kappa shape index (κ2) is 7.73. The molecule has 1 aliphatic heterocycles. The number of hydrogen-bond acceptors (Lipinski definition) is 6. The monoisotopic (exact) mass is 466 g/mol. The number of carbonyl (C=O) groups excluding carboxylic acids is 2. The van der Waals surface area contributed by atoms with E-state index < -0.39 is 15.7 Å². The second-order valence-corrected chi connectivity index (χ2v) is 10.4. The van der Waals surface area contributed by atoms with Crippen LogP contribution in [0, 0.1) is 0 Å². The van der Waals surface area contributed by atoms with Crippen LogP contribution in [0.2, 0.25) is 0 Å². The van der Waals surface area contributed by atoms with Crippen molar-refractivity contribution < 1.29 is 22.7 Å². The van der Waals surface area contributed by atoms with Crippen LogP contribution in [0.1, 0.15) is 39.1 Å². The van der Waals surface area contributed by atoms with Crippen LogP contribution in [-0.2, 0) is 23.4 Å². The van der Waals surface area contributed by atoms with Crippen molar-refractivity contribution >= 4 is 27.5 Å². The minimum atomic E-state index is -3.33. The normalized spacial score (nSPS) is 15.5. The molecular formula is C23H22N4O5S. The molecule has 2 aromatic carbocycles. The summed E-state index contributed by atoms with van der Waals surface area (Å²) in [5.74, 6) is 0.669. The summed E-state index contributed by atoms with van der Waals surface area (Å²) in [7, 11) is -1.59. The highest BCUT2D eigenvalue weighted by atomic mass is 32.2. The van der Waals surface area contributed by atoms with Crippen molar-refractivity contribution in [1.82, 2.24) is 14.7 Å². The van der Waals surface area contributed by atoms with Crippen LogP contribution in [0.3, 0.4) is 0 Å². The molecule has 0 saturated heterocycles. The molecule has 33 heavy (non-hydrogen) atoms. The van der Waals surface area contributed by atoms with Gasteiger partial charge in [-0.3, -0.25) is 14.3 Å². The van der Waals surface area contributed by atoms with E-state index in [0.29, 0.717) is 35.0 Å². The van der Waals surface area contributed by atoms with Crippen LogP contribution < -0.4 is 10.1 Å². The number of amides is 2. The molecule has 1 fully saturated rings. The molecule has 2 heterocycles. The van der Waals surface area contributed by atoms with Gasteiger partial charge in [0.15, 0.2) is 15.7 Å². The molecule has 0 bridgehead atoms.